The first-order chi connectivity index (χ1) is 12.6. The average molecular weight is 363 g/mol. The van der Waals surface area contributed by atoms with Gasteiger partial charge in [0.2, 0.25) is 0 Å². The van der Waals surface area contributed by atoms with Crippen LogP contribution in [0, 0.1) is 0 Å². The van der Waals surface area contributed by atoms with E-state index in [1.54, 1.807) is 0 Å². The molecule has 0 aromatic carbocycles. The summed E-state index contributed by atoms with van der Waals surface area (Å²) in [5, 5.41) is 10.5. The van der Waals surface area contributed by atoms with Crippen LogP contribution in [0.3, 0.4) is 0 Å². The van der Waals surface area contributed by atoms with Gasteiger partial charge in [-0.1, -0.05) is 0 Å². The van der Waals surface area contributed by atoms with Gasteiger partial charge in [-0.3, -0.25) is 10.00 Å². The Hall–Kier alpha value is -1.64. The lowest BCUT2D eigenvalue weighted by molar-refractivity contribution is -0.0877. The molecule has 0 saturated carbocycles. The first-order valence-corrected chi connectivity index (χ1v) is 9.65. The van der Waals surface area contributed by atoms with E-state index in [4.69, 9.17) is 9.47 Å². The van der Waals surface area contributed by atoms with Gasteiger partial charge >= 0.3 is 6.03 Å². The number of likely N-dealkylation sites (tertiary alicyclic amines) is 1. The molecule has 2 atom stereocenters. The Balaban J connectivity index is 1.28. The zero-order chi connectivity index (χ0) is 18.0. The number of ether oxygens (including phenoxy) is 2. The molecule has 144 valence electrons. The highest BCUT2D eigenvalue weighted by molar-refractivity contribution is 5.88. The normalized spacial score (nSPS) is 30.6. The summed E-state index contributed by atoms with van der Waals surface area (Å²) >= 11 is 0. The molecule has 8 nitrogen and oxygen atoms in total. The molecule has 8 heteroatoms. The number of nitrogens with zero attached hydrogens (tertiary/aromatic N) is 3. The molecule has 3 aliphatic heterocycles. The van der Waals surface area contributed by atoms with E-state index < -0.39 is 0 Å². The van der Waals surface area contributed by atoms with Gasteiger partial charge in [0.05, 0.1) is 18.2 Å². The minimum absolute atomic E-state index is 0.112. The molecule has 4 heterocycles. The number of rotatable bonds is 3. The minimum atomic E-state index is -0.202. The van der Waals surface area contributed by atoms with Gasteiger partial charge in [0.15, 0.2) is 5.82 Å². The summed E-state index contributed by atoms with van der Waals surface area (Å²) in [5.74, 6) is 0.604. The van der Waals surface area contributed by atoms with E-state index in [0.717, 1.165) is 51.8 Å². The molecular formula is C18H29N5O3. The van der Waals surface area contributed by atoms with Crippen LogP contribution in [0.25, 0.3) is 0 Å². The van der Waals surface area contributed by atoms with Crippen LogP contribution >= 0.6 is 0 Å². The van der Waals surface area contributed by atoms with E-state index in [0.29, 0.717) is 25.1 Å². The molecule has 1 spiro atoms. The summed E-state index contributed by atoms with van der Waals surface area (Å²) in [6.07, 6.45) is 6.70. The standard InChI is InChI=1S/C18H29N5O3/c1-22-7-2-15(3-8-22)23-9-4-16(21-23)20-17(24)19-14-5-10-26-18(12-14)6-11-25-13-18/h4,9,14-15H,2-3,5-8,10-13H2,1H3,(H2,19,20,21,24). The first-order valence-electron chi connectivity index (χ1n) is 9.65. The fourth-order valence-electron chi connectivity index (χ4n) is 4.22. The predicted molar refractivity (Wildman–Crippen MR) is 97.3 cm³/mol. The third kappa shape index (κ3) is 4.02. The van der Waals surface area contributed by atoms with Crippen molar-refractivity contribution < 1.29 is 14.3 Å². The molecule has 1 aromatic rings. The highest BCUT2D eigenvalue weighted by Gasteiger charge is 2.41. The van der Waals surface area contributed by atoms with Crippen molar-refractivity contribution in [3.8, 4) is 0 Å². The molecule has 26 heavy (non-hydrogen) atoms. The van der Waals surface area contributed by atoms with Crippen molar-refractivity contribution in [1.82, 2.24) is 20.0 Å². The first kappa shape index (κ1) is 17.8. The Bertz CT molecular complexity index is 620. The van der Waals surface area contributed by atoms with E-state index in [1.165, 1.54) is 0 Å². The Morgan fingerprint density at radius 1 is 1.31 bits per heavy atom. The molecule has 3 saturated heterocycles. The maximum absolute atomic E-state index is 12.4. The molecule has 4 rings (SSSR count). The Labute approximate surface area is 154 Å². The topological polar surface area (TPSA) is 80.7 Å². The maximum Gasteiger partial charge on any atom is 0.320 e. The third-order valence-corrected chi connectivity index (χ3v) is 5.81. The SMILES string of the molecule is CN1CCC(n2ccc(NC(=O)NC3CCOC4(CCOC4)C3)n2)CC1. The summed E-state index contributed by atoms with van der Waals surface area (Å²) in [6.45, 7) is 4.21. The van der Waals surface area contributed by atoms with E-state index in [-0.39, 0.29) is 17.7 Å². The quantitative estimate of drug-likeness (QED) is 0.853. The molecule has 2 N–H and O–H groups in total. The average Bonchev–Trinajstić information content (AvgIpc) is 3.26. The summed E-state index contributed by atoms with van der Waals surface area (Å²) < 4.78 is 13.4. The zero-order valence-electron chi connectivity index (χ0n) is 15.4. The van der Waals surface area contributed by atoms with Crippen molar-refractivity contribution in [3.05, 3.63) is 12.3 Å². The van der Waals surface area contributed by atoms with Crippen LogP contribution in [0.4, 0.5) is 10.6 Å². The molecule has 3 aliphatic rings. The van der Waals surface area contributed by atoms with Gasteiger partial charge in [-0.25, -0.2) is 4.79 Å². The summed E-state index contributed by atoms with van der Waals surface area (Å²) in [4.78, 5) is 14.7. The summed E-state index contributed by atoms with van der Waals surface area (Å²) in [5.41, 5.74) is -0.202. The van der Waals surface area contributed by atoms with E-state index in [2.05, 4.69) is 27.7 Å². The number of hydrogen-bond donors (Lipinski definition) is 2. The number of carbonyl (C=O) groups excluding carboxylic acids is 1. The Morgan fingerprint density at radius 3 is 2.92 bits per heavy atom. The maximum atomic E-state index is 12.4. The second-order valence-electron chi connectivity index (χ2n) is 7.84. The van der Waals surface area contributed by atoms with Crippen LogP contribution in [0.2, 0.25) is 0 Å². The predicted octanol–water partition coefficient (Wildman–Crippen LogP) is 1.61. The molecule has 1 aromatic heterocycles. The third-order valence-electron chi connectivity index (χ3n) is 5.81. The monoisotopic (exact) mass is 363 g/mol. The van der Waals surface area contributed by atoms with Gasteiger partial charge in [-0.05, 0) is 45.8 Å². The summed E-state index contributed by atoms with van der Waals surface area (Å²) in [7, 11) is 2.15. The van der Waals surface area contributed by atoms with Gasteiger partial charge in [0.1, 0.15) is 0 Å². The van der Waals surface area contributed by atoms with Gasteiger partial charge in [-0.15, -0.1) is 0 Å². The van der Waals surface area contributed by atoms with E-state index in [1.807, 2.05) is 16.9 Å². The molecule has 2 unspecified atom stereocenters. The Kier molecular flexibility index (Phi) is 5.15. The van der Waals surface area contributed by atoms with Crippen molar-refractivity contribution in [2.75, 3.05) is 45.3 Å². The van der Waals surface area contributed by atoms with Gasteiger partial charge in [0.25, 0.3) is 0 Å². The van der Waals surface area contributed by atoms with E-state index >= 15 is 0 Å². The highest BCUT2D eigenvalue weighted by atomic mass is 16.6. The number of hydrogen-bond acceptors (Lipinski definition) is 5. The van der Waals surface area contributed by atoms with Gasteiger partial charge in [0, 0.05) is 37.9 Å². The van der Waals surface area contributed by atoms with Crippen LogP contribution in [-0.2, 0) is 9.47 Å². The van der Waals surface area contributed by atoms with Crippen molar-refractivity contribution in [3.63, 3.8) is 0 Å². The molecule has 0 radical (unpaired) electrons. The lowest BCUT2D eigenvalue weighted by Gasteiger charge is -2.37. The number of piperidine rings is 1. The van der Waals surface area contributed by atoms with Gasteiger partial charge in [-0.2, -0.15) is 5.10 Å². The van der Waals surface area contributed by atoms with Crippen molar-refractivity contribution in [2.45, 2.75) is 49.8 Å². The van der Waals surface area contributed by atoms with E-state index in [9.17, 15) is 4.79 Å². The van der Waals surface area contributed by atoms with Crippen molar-refractivity contribution in [1.29, 1.82) is 0 Å². The molecule has 2 amide bonds. The van der Waals surface area contributed by atoms with Crippen molar-refractivity contribution >= 4 is 11.8 Å². The van der Waals surface area contributed by atoms with Crippen LogP contribution < -0.4 is 10.6 Å². The highest BCUT2D eigenvalue weighted by Crippen LogP contribution is 2.32. The molecular weight excluding hydrogens is 334 g/mol. The van der Waals surface area contributed by atoms with Gasteiger partial charge < -0.3 is 19.7 Å². The lowest BCUT2D eigenvalue weighted by atomic mass is 9.90. The number of aromatic nitrogens is 2. The number of amides is 2. The number of nitrogens with one attached hydrogen (secondary N) is 2. The molecule has 0 aliphatic carbocycles. The second kappa shape index (κ2) is 7.54. The molecule has 3 fully saturated rings. The number of carbonyl (C=O) groups is 1. The fraction of sp³-hybridized carbons (Fsp3) is 0.778. The van der Waals surface area contributed by atoms with Crippen LogP contribution in [-0.4, -0.2) is 72.3 Å². The largest absolute Gasteiger partial charge is 0.378 e. The smallest absolute Gasteiger partial charge is 0.320 e. The lowest BCUT2D eigenvalue weighted by Crippen LogP contribution is -2.49. The Morgan fingerprint density at radius 2 is 2.15 bits per heavy atom. The van der Waals surface area contributed by atoms with Crippen LogP contribution in [0.5, 0.6) is 0 Å². The minimum Gasteiger partial charge on any atom is -0.378 e. The van der Waals surface area contributed by atoms with Crippen LogP contribution in [0.15, 0.2) is 12.3 Å². The fourth-order valence-corrected chi connectivity index (χ4v) is 4.22. The zero-order valence-corrected chi connectivity index (χ0v) is 15.4. The number of anilines is 1. The number of urea groups is 1. The summed E-state index contributed by atoms with van der Waals surface area (Å²) in [6, 6.07) is 2.21. The molecule has 0 bridgehead atoms. The second-order valence-corrected chi connectivity index (χ2v) is 7.84. The van der Waals surface area contributed by atoms with Crippen LogP contribution in [0.1, 0.15) is 38.1 Å². The van der Waals surface area contributed by atoms with Crippen molar-refractivity contribution in [2.24, 2.45) is 0 Å².